The minimum absolute atomic E-state index is 0.0104. The van der Waals surface area contributed by atoms with Gasteiger partial charge in [0.05, 0.1) is 13.2 Å². The molecule has 0 aromatic heterocycles. The van der Waals surface area contributed by atoms with Crippen molar-refractivity contribution in [2.24, 2.45) is 10.9 Å². The van der Waals surface area contributed by atoms with Gasteiger partial charge in [0.1, 0.15) is 12.1 Å². The number of nitrogens with one attached hydrogen (secondary N) is 2. The Morgan fingerprint density at radius 3 is 2.40 bits per heavy atom. The number of aliphatic imine (C=N–C) groups is 1. The van der Waals surface area contributed by atoms with Crippen molar-refractivity contribution in [2.75, 3.05) is 45.9 Å². The largest absolute Gasteiger partial charge is 0.459 e. The summed E-state index contributed by atoms with van der Waals surface area (Å²) in [5.74, 6) is 0.838. The van der Waals surface area contributed by atoms with E-state index in [4.69, 9.17) is 9.47 Å². The molecule has 0 amide bonds. The maximum absolute atomic E-state index is 11.9. The van der Waals surface area contributed by atoms with Gasteiger partial charge in [0, 0.05) is 32.2 Å². The number of carbonyl (C=O) groups is 1. The standard InChI is InChI=1S/C18H36N4O3/c1-7-19-17(21-13-16(23)25-18(4,5)6)20-12-15(14(2)3)22-8-10-24-11-9-22/h14-15H,7-13H2,1-6H3,(H2,19,20,21). The van der Waals surface area contributed by atoms with Gasteiger partial charge in [0.2, 0.25) is 0 Å². The second-order valence-electron chi connectivity index (χ2n) is 7.62. The van der Waals surface area contributed by atoms with Gasteiger partial charge < -0.3 is 20.1 Å². The molecule has 1 heterocycles. The van der Waals surface area contributed by atoms with E-state index in [-0.39, 0.29) is 12.5 Å². The molecule has 25 heavy (non-hydrogen) atoms. The molecule has 0 radical (unpaired) electrons. The van der Waals surface area contributed by atoms with Crippen LogP contribution in [0.3, 0.4) is 0 Å². The molecular weight excluding hydrogens is 320 g/mol. The minimum atomic E-state index is -0.489. The van der Waals surface area contributed by atoms with E-state index in [1.54, 1.807) is 0 Å². The zero-order valence-electron chi connectivity index (χ0n) is 16.7. The Balaban J connectivity index is 2.59. The third kappa shape index (κ3) is 9.07. The topological polar surface area (TPSA) is 75.2 Å². The number of carbonyl (C=O) groups excluding carboxylic acids is 1. The molecule has 0 spiro atoms. The molecule has 2 N–H and O–H groups in total. The highest BCUT2D eigenvalue weighted by molar-refractivity contribution is 5.83. The first kappa shape index (κ1) is 21.7. The van der Waals surface area contributed by atoms with Crippen LogP contribution in [0.25, 0.3) is 0 Å². The molecule has 1 atom stereocenters. The van der Waals surface area contributed by atoms with Crippen molar-refractivity contribution >= 4 is 11.9 Å². The molecule has 0 aromatic rings. The molecule has 1 aliphatic rings. The molecule has 1 rings (SSSR count). The highest BCUT2D eigenvalue weighted by Gasteiger charge is 2.24. The van der Waals surface area contributed by atoms with Gasteiger partial charge in [0.25, 0.3) is 0 Å². The summed E-state index contributed by atoms with van der Waals surface area (Å²) in [6, 6.07) is 0.397. The van der Waals surface area contributed by atoms with Crippen molar-refractivity contribution in [3.05, 3.63) is 0 Å². The van der Waals surface area contributed by atoms with Crippen molar-refractivity contribution < 1.29 is 14.3 Å². The van der Waals surface area contributed by atoms with E-state index in [1.165, 1.54) is 0 Å². The van der Waals surface area contributed by atoms with Crippen molar-refractivity contribution in [1.82, 2.24) is 15.5 Å². The van der Waals surface area contributed by atoms with Crippen LogP contribution >= 0.6 is 0 Å². The molecule has 0 saturated carbocycles. The number of esters is 1. The van der Waals surface area contributed by atoms with Gasteiger partial charge >= 0.3 is 5.97 Å². The lowest BCUT2D eigenvalue weighted by Gasteiger charge is -2.37. The van der Waals surface area contributed by atoms with E-state index in [0.29, 0.717) is 17.9 Å². The molecular formula is C18H36N4O3. The van der Waals surface area contributed by atoms with Crippen molar-refractivity contribution in [3.8, 4) is 0 Å². The van der Waals surface area contributed by atoms with E-state index >= 15 is 0 Å². The Kier molecular flexibility index (Phi) is 9.21. The van der Waals surface area contributed by atoms with Crippen LogP contribution in [0.1, 0.15) is 41.5 Å². The lowest BCUT2D eigenvalue weighted by molar-refractivity contribution is -0.152. The Hall–Kier alpha value is -1.34. The van der Waals surface area contributed by atoms with E-state index in [0.717, 1.165) is 39.4 Å². The van der Waals surface area contributed by atoms with Gasteiger partial charge in [0.15, 0.2) is 5.96 Å². The number of nitrogens with zero attached hydrogens (tertiary/aromatic N) is 2. The summed E-state index contributed by atoms with van der Waals surface area (Å²) in [5, 5.41) is 6.55. The van der Waals surface area contributed by atoms with Crippen LogP contribution in [0, 0.1) is 5.92 Å². The summed E-state index contributed by atoms with van der Waals surface area (Å²) in [6.45, 7) is 17.0. The summed E-state index contributed by atoms with van der Waals surface area (Å²) in [4.78, 5) is 18.7. The SMILES string of the molecule is CCNC(=NCC(=O)OC(C)(C)C)NCC(C(C)C)N1CCOCC1. The summed E-state index contributed by atoms with van der Waals surface area (Å²) in [7, 11) is 0. The molecule has 1 unspecified atom stereocenters. The second-order valence-corrected chi connectivity index (χ2v) is 7.62. The van der Waals surface area contributed by atoms with E-state index in [2.05, 4.69) is 34.4 Å². The lowest BCUT2D eigenvalue weighted by atomic mass is 10.0. The average molecular weight is 357 g/mol. The molecule has 1 saturated heterocycles. The Morgan fingerprint density at radius 2 is 1.88 bits per heavy atom. The van der Waals surface area contributed by atoms with Gasteiger partial charge in [-0.1, -0.05) is 13.8 Å². The summed E-state index contributed by atoms with van der Waals surface area (Å²) in [6.07, 6.45) is 0. The monoisotopic (exact) mass is 356 g/mol. The van der Waals surface area contributed by atoms with Crippen LogP contribution in [-0.2, 0) is 14.3 Å². The predicted molar refractivity (Wildman–Crippen MR) is 101 cm³/mol. The third-order valence-corrected chi connectivity index (χ3v) is 3.89. The average Bonchev–Trinajstić information content (AvgIpc) is 2.51. The zero-order valence-corrected chi connectivity index (χ0v) is 16.7. The van der Waals surface area contributed by atoms with Gasteiger partial charge in [-0.15, -0.1) is 0 Å². The Morgan fingerprint density at radius 1 is 1.24 bits per heavy atom. The zero-order chi connectivity index (χ0) is 18.9. The van der Waals surface area contributed by atoms with Crippen LogP contribution in [-0.4, -0.2) is 74.4 Å². The van der Waals surface area contributed by atoms with Crippen molar-refractivity contribution in [3.63, 3.8) is 0 Å². The van der Waals surface area contributed by atoms with E-state index < -0.39 is 5.60 Å². The normalized spacial score (nSPS) is 18.1. The third-order valence-electron chi connectivity index (χ3n) is 3.89. The fraction of sp³-hybridized carbons (Fsp3) is 0.889. The van der Waals surface area contributed by atoms with Crippen LogP contribution < -0.4 is 10.6 Å². The summed E-state index contributed by atoms with van der Waals surface area (Å²) < 4.78 is 10.8. The van der Waals surface area contributed by atoms with Gasteiger partial charge in [-0.2, -0.15) is 0 Å². The first-order valence-electron chi connectivity index (χ1n) is 9.28. The molecule has 7 nitrogen and oxygen atoms in total. The number of rotatable bonds is 7. The van der Waals surface area contributed by atoms with Gasteiger partial charge in [-0.3, -0.25) is 9.69 Å². The molecule has 7 heteroatoms. The van der Waals surface area contributed by atoms with Crippen LogP contribution in [0.2, 0.25) is 0 Å². The first-order valence-corrected chi connectivity index (χ1v) is 9.28. The van der Waals surface area contributed by atoms with Crippen molar-refractivity contribution in [2.45, 2.75) is 53.2 Å². The number of hydrogen-bond acceptors (Lipinski definition) is 5. The molecule has 0 bridgehead atoms. The highest BCUT2D eigenvalue weighted by atomic mass is 16.6. The fourth-order valence-corrected chi connectivity index (χ4v) is 2.76. The molecule has 0 aliphatic carbocycles. The maximum Gasteiger partial charge on any atom is 0.328 e. The van der Waals surface area contributed by atoms with Gasteiger partial charge in [-0.05, 0) is 33.6 Å². The molecule has 0 aromatic carbocycles. The highest BCUT2D eigenvalue weighted by Crippen LogP contribution is 2.12. The van der Waals surface area contributed by atoms with Crippen LogP contribution in [0.5, 0.6) is 0 Å². The number of ether oxygens (including phenoxy) is 2. The molecule has 146 valence electrons. The van der Waals surface area contributed by atoms with Crippen molar-refractivity contribution in [1.29, 1.82) is 0 Å². The number of hydrogen-bond donors (Lipinski definition) is 2. The lowest BCUT2D eigenvalue weighted by Crippen LogP contribution is -2.52. The van der Waals surface area contributed by atoms with Crippen LogP contribution in [0.15, 0.2) is 4.99 Å². The smallest absolute Gasteiger partial charge is 0.328 e. The summed E-state index contributed by atoms with van der Waals surface area (Å²) >= 11 is 0. The molecule has 1 aliphatic heterocycles. The second kappa shape index (κ2) is 10.6. The van der Waals surface area contributed by atoms with Gasteiger partial charge in [-0.25, -0.2) is 4.99 Å². The summed E-state index contributed by atoms with van der Waals surface area (Å²) in [5.41, 5.74) is -0.489. The Bertz CT molecular complexity index is 427. The fourth-order valence-electron chi connectivity index (χ4n) is 2.76. The van der Waals surface area contributed by atoms with E-state index in [9.17, 15) is 4.79 Å². The number of morpholine rings is 1. The van der Waals surface area contributed by atoms with E-state index in [1.807, 2.05) is 27.7 Å². The number of guanidine groups is 1. The first-order chi connectivity index (χ1) is 11.7. The minimum Gasteiger partial charge on any atom is -0.459 e. The quantitative estimate of drug-likeness (QED) is 0.406. The maximum atomic E-state index is 11.9. The Labute approximate surface area is 152 Å². The van der Waals surface area contributed by atoms with Crippen LogP contribution in [0.4, 0.5) is 0 Å². The molecule has 1 fully saturated rings. The predicted octanol–water partition coefficient (Wildman–Crippen LogP) is 1.24.